The Labute approximate surface area is 159 Å². The van der Waals surface area contributed by atoms with Crippen LogP contribution in [0.25, 0.3) is 0 Å². The molecule has 5 rings (SSSR count). The minimum Gasteiger partial charge on any atom is -0.370 e. The maximum atomic E-state index is 13.1. The molecule has 0 unspecified atom stereocenters. The molecule has 4 nitrogen and oxygen atoms in total. The fourth-order valence-corrected chi connectivity index (χ4v) is 6.52. The third-order valence-corrected chi connectivity index (χ3v) is 7.83. The van der Waals surface area contributed by atoms with E-state index < -0.39 is 0 Å². The van der Waals surface area contributed by atoms with Gasteiger partial charge >= 0.3 is 0 Å². The number of carbonyl (C=O) groups excluding carboxylic acids is 1. The zero-order chi connectivity index (χ0) is 16.1. The van der Waals surface area contributed by atoms with E-state index in [1.165, 1.54) is 29.7 Å². The normalized spacial score (nSPS) is 30.0. The van der Waals surface area contributed by atoms with Crippen LogP contribution in [0.3, 0.4) is 0 Å². The largest absolute Gasteiger partial charge is 0.370 e. The van der Waals surface area contributed by atoms with E-state index in [0.717, 1.165) is 68.8 Å². The first-order chi connectivity index (χ1) is 11.8. The molecule has 1 N–H and O–H groups in total. The number of rotatable bonds is 1. The molecule has 138 valence electrons. The van der Waals surface area contributed by atoms with Crippen LogP contribution in [-0.2, 0) is 16.8 Å². The molecule has 6 heteroatoms. The van der Waals surface area contributed by atoms with Gasteiger partial charge in [0.25, 0.3) is 5.91 Å². The first kappa shape index (κ1) is 17.8. The topological polar surface area (TPSA) is 41.6 Å². The average Bonchev–Trinajstić information content (AvgIpc) is 3.29. The molecular weight excluding hydrogens is 356 g/mol. The number of hydrogen-bond acceptors (Lipinski definition) is 4. The Kier molecular flexibility index (Phi) is 4.86. The van der Waals surface area contributed by atoms with Crippen LogP contribution < -0.4 is 5.32 Å². The number of carbonyl (C=O) groups is 1. The summed E-state index contributed by atoms with van der Waals surface area (Å²) in [6, 6.07) is 2.18. The molecule has 1 saturated carbocycles. The summed E-state index contributed by atoms with van der Waals surface area (Å²) < 4.78 is 6.25. The summed E-state index contributed by atoms with van der Waals surface area (Å²) in [5.74, 6) is 1.80. The van der Waals surface area contributed by atoms with Crippen LogP contribution >= 0.6 is 23.7 Å². The SMILES string of the molecule is Cl.O=C(c1cc2c(s1)CCOC21CCNCC1)N1C[C@H]2CCC[C@H]2C1. The molecule has 25 heavy (non-hydrogen) atoms. The maximum Gasteiger partial charge on any atom is 0.263 e. The molecule has 2 saturated heterocycles. The zero-order valence-corrected chi connectivity index (χ0v) is 16.2. The second kappa shape index (κ2) is 6.84. The van der Waals surface area contributed by atoms with Crippen molar-refractivity contribution in [3.05, 3.63) is 21.4 Å². The highest BCUT2D eigenvalue weighted by Crippen LogP contribution is 2.44. The summed E-state index contributed by atoms with van der Waals surface area (Å²) in [7, 11) is 0. The number of amides is 1. The van der Waals surface area contributed by atoms with Gasteiger partial charge in [0.2, 0.25) is 0 Å². The van der Waals surface area contributed by atoms with E-state index in [1.54, 1.807) is 11.3 Å². The summed E-state index contributed by atoms with van der Waals surface area (Å²) in [6.45, 7) is 4.78. The van der Waals surface area contributed by atoms with E-state index in [4.69, 9.17) is 4.74 Å². The minimum absolute atomic E-state index is 0. The molecule has 1 aliphatic carbocycles. The maximum absolute atomic E-state index is 13.1. The summed E-state index contributed by atoms with van der Waals surface area (Å²) in [5.41, 5.74) is 1.19. The molecule has 2 atom stereocenters. The highest BCUT2D eigenvalue weighted by molar-refractivity contribution is 7.14. The van der Waals surface area contributed by atoms with Crippen LogP contribution in [0.4, 0.5) is 0 Å². The van der Waals surface area contributed by atoms with Crippen LogP contribution in [0, 0.1) is 11.8 Å². The zero-order valence-electron chi connectivity index (χ0n) is 14.6. The number of hydrogen-bond donors (Lipinski definition) is 1. The van der Waals surface area contributed by atoms with Gasteiger partial charge in [-0.15, -0.1) is 23.7 Å². The van der Waals surface area contributed by atoms with Crippen molar-refractivity contribution < 1.29 is 9.53 Å². The van der Waals surface area contributed by atoms with Crippen molar-refractivity contribution in [1.29, 1.82) is 0 Å². The fourth-order valence-electron chi connectivity index (χ4n) is 5.32. The highest BCUT2D eigenvalue weighted by atomic mass is 35.5. The van der Waals surface area contributed by atoms with Crippen molar-refractivity contribution in [3.8, 4) is 0 Å². The number of nitrogens with zero attached hydrogens (tertiary/aromatic N) is 1. The van der Waals surface area contributed by atoms with Crippen molar-refractivity contribution >= 4 is 29.7 Å². The number of likely N-dealkylation sites (tertiary alicyclic amines) is 1. The lowest BCUT2D eigenvalue weighted by Gasteiger charge is -2.40. The second-order valence-electron chi connectivity index (χ2n) is 7.95. The van der Waals surface area contributed by atoms with E-state index in [0.29, 0.717) is 0 Å². The molecule has 0 aromatic carbocycles. The smallest absolute Gasteiger partial charge is 0.263 e. The summed E-state index contributed by atoms with van der Waals surface area (Å²) in [6.07, 6.45) is 7.02. The molecule has 1 aromatic rings. The highest BCUT2D eigenvalue weighted by Gasteiger charge is 2.42. The Morgan fingerprint density at radius 1 is 1.24 bits per heavy atom. The first-order valence-corrected chi connectivity index (χ1v) is 10.3. The van der Waals surface area contributed by atoms with E-state index in [-0.39, 0.29) is 23.9 Å². The fraction of sp³-hybridized carbons (Fsp3) is 0.737. The van der Waals surface area contributed by atoms with E-state index >= 15 is 0 Å². The van der Waals surface area contributed by atoms with Gasteiger partial charge in [0.15, 0.2) is 0 Å². The van der Waals surface area contributed by atoms with Crippen molar-refractivity contribution in [2.45, 2.75) is 44.1 Å². The van der Waals surface area contributed by atoms with Gasteiger partial charge in [-0.1, -0.05) is 6.42 Å². The number of ether oxygens (including phenoxy) is 1. The van der Waals surface area contributed by atoms with Gasteiger partial charge in [-0.2, -0.15) is 0 Å². The van der Waals surface area contributed by atoms with Gasteiger partial charge in [0, 0.05) is 24.4 Å². The van der Waals surface area contributed by atoms with Gasteiger partial charge < -0.3 is 15.0 Å². The predicted molar refractivity (Wildman–Crippen MR) is 102 cm³/mol. The van der Waals surface area contributed by atoms with Gasteiger partial charge in [0.1, 0.15) is 0 Å². The van der Waals surface area contributed by atoms with Crippen molar-refractivity contribution in [2.75, 3.05) is 32.8 Å². The number of nitrogens with one attached hydrogen (secondary N) is 1. The molecule has 0 bridgehead atoms. The Bertz CT molecular complexity index is 644. The van der Waals surface area contributed by atoms with Crippen LogP contribution in [0.1, 0.15) is 52.2 Å². The van der Waals surface area contributed by atoms with E-state index in [1.807, 2.05) is 0 Å². The standard InChI is InChI=1S/C19H26N2O2S.ClH/c22-18(21-11-13-2-1-3-14(13)12-21)17-10-15-16(24-17)4-9-23-19(15)5-7-20-8-6-19;/h10,13-14,20H,1-9,11-12H2;1H/t13-,14+;. The number of fused-ring (bicyclic) bond motifs is 3. The Morgan fingerprint density at radius 3 is 2.68 bits per heavy atom. The molecule has 1 aromatic heterocycles. The molecule has 0 radical (unpaired) electrons. The van der Waals surface area contributed by atoms with Crippen LogP contribution in [0.15, 0.2) is 6.07 Å². The van der Waals surface area contributed by atoms with Gasteiger partial charge in [-0.25, -0.2) is 0 Å². The summed E-state index contributed by atoms with van der Waals surface area (Å²) in [5, 5.41) is 3.43. The minimum atomic E-state index is -0.130. The summed E-state index contributed by atoms with van der Waals surface area (Å²) in [4.78, 5) is 17.5. The Morgan fingerprint density at radius 2 is 1.96 bits per heavy atom. The first-order valence-electron chi connectivity index (χ1n) is 9.52. The molecule has 1 spiro atoms. The lowest BCUT2D eigenvalue weighted by Crippen LogP contribution is -2.44. The van der Waals surface area contributed by atoms with Gasteiger partial charge in [-0.05, 0) is 62.2 Å². The van der Waals surface area contributed by atoms with Gasteiger partial charge in [-0.3, -0.25) is 4.79 Å². The predicted octanol–water partition coefficient (Wildman–Crippen LogP) is 3.19. The lowest BCUT2D eigenvalue weighted by atomic mass is 9.83. The molecule has 4 aliphatic rings. The third kappa shape index (κ3) is 2.93. The van der Waals surface area contributed by atoms with Gasteiger partial charge in [0.05, 0.1) is 17.1 Å². The molecule has 3 aliphatic heterocycles. The third-order valence-electron chi connectivity index (χ3n) is 6.64. The second-order valence-corrected chi connectivity index (χ2v) is 9.09. The number of thiophene rings is 1. The number of halogens is 1. The Hall–Kier alpha value is -0.620. The van der Waals surface area contributed by atoms with Crippen LogP contribution in [0.2, 0.25) is 0 Å². The lowest BCUT2D eigenvalue weighted by molar-refractivity contribution is -0.0792. The molecular formula is C19H27ClN2O2S. The van der Waals surface area contributed by atoms with Crippen molar-refractivity contribution in [2.24, 2.45) is 11.8 Å². The van der Waals surface area contributed by atoms with Crippen LogP contribution in [0.5, 0.6) is 0 Å². The molecule has 1 amide bonds. The van der Waals surface area contributed by atoms with Crippen molar-refractivity contribution in [3.63, 3.8) is 0 Å². The van der Waals surface area contributed by atoms with Crippen molar-refractivity contribution in [1.82, 2.24) is 10.2 Å². The Balaban J connectivity index is 0.00000157. The van der Waals surface area contributed by atoms with E-state index in [9.17, 15) is 4.79 Å². The van der Waals surface area contributed by atoms with Crippen LogP contribution in [-0.4, -0.2) is 43.6 Å². The quantitative estimate of drug-likeness (QED) is 0.811. The molecule has 3 fully saturated rings. The average molecular weight is 383 g/mol. The monoisotopic (exact) mass is 382 g/mol. The summed E-state index contributed by atoms with van der Waals surface area (Å²) >= 11 is 1.73. The molecule has 4 heterocycles. The van der Waals surface area contributed by atoms with E-state index in [2.05, 4.69) is 16.3 Å². The number of piperidine rings is 1.